The van der Waals surface area contributed by atoms with Gasteiger partial charge >= 0.3 is 0 Å². The van der Waals surface area contributed by atoms with Crippen LogP contribution in [0.4, 0.5) is 0 Å². The summed E-state index contributed by atoms with van der Waals surface area (Å²) < 4.78 is 0. The average Bonchev–Trinajstić information content (AvgIpc) is 3.17. The van der Waals surface area contributed by atoms with Crippen molar-refractivity contribution in [3.63, 3.8) is 0 Å². The molecule has 0 radical (unpaired) electrons. The molecule has 1 atom stereocenters. The summed E-state index contributed by atoms with van der Waals surface area (Å²) in [5.41, 5.74) is 0.952. The molecule has 1 unspecified atom stereocenters. The van der Waals surface area contributed by atoms with Gasteiger partial charge in [-0.3, -0.25) is 9.59 Å². The van der Waals surface area contributed by atoms with Crippen LogP contribution >= 0.6 is 0 Å². The second kappa shape index (κ2) is 4.09. The highest BCUT2D eigenvalue weighted by atomic mass is 16.3. The molecule has 2 aliphatic carbocycles. The summed E-state index contributed by atoms with van der Waals surface area (Å²) in [6.45, 7) is 0. The summed E-state index contributed by atoms with van der Waals surface area (Å²) in [5, 5.41) is 10.2. The van der Waals surface area contributed by atoms with Crippen molar-refractivity contribution in [2.75, 3.05) is 0 Å². The highest BCUT2D eigenvalue weighted by Crippen LogP contribution is 2.40. The molecular formula is C15H14O3. The van der Waals surface area contributed by atoms with E-state index in [9.17, 15) is 14.7 Å². The van der Waals surface area contributed by atoms with Crippen LogP contribution in [0.2, 0.25) is 0 Å². The predicted molar refractivity (Wildman–Crippen MR) is 66.2 cm³/mol. The molecule has 1 saturated carbocycles. The number of aliphatic hydroxyl groups excluding tert-OH is 1. The first kappa shape index (κ1) is 11.2. The van der Waals surface area contributed by atoms with E-state index in [1.807, 2.05) is 30.3 Å². The molecule has 0 aromatic heterocycles. The Kier molecular flexibility index (Phi) is 2.54. The summed E-state index contributed by atoms with van der Waals surface area (Å²) >= 11 is 0. The van der Waals surface area contributed by atoms with Crippen LogP contribution in [0.5, 0.6) is 0 Å². The van der Waals surface area contributed by atoms with Crippen LogP contribution in [0, 0.1) is 5.92 Å². The zero-order chi connectivity index (χ0) is 12.7. The minimum Gasteiger partial charge on any atom is -0.511 e. The fourth-order valence-electron chi connectivity index (χ4n) is 2.48. The van der Waals surface area contributed by atoms with E-state index in [-0.39, 0.29) is 41.2 Å². The van der Waals surface area contributed by atoms with Gasteiger partial charge in [0.2, 0.25) is 0 Å². The largest absolute Gasteiger partial charge is 0.511 e. The minimum atomic E-state index is -0.337. The molecule has 0 spiro atoms. The van der Waals surface area contributed by atoms with E-state index in [4.69, 9.17) is 0 Å². The maximum Gasteiger partial charge on any atom is 0.172 e. The maximum atomic E-state index is 12.0. The van der Waals surface area contributed by atoms with Crippen LogP contribution in [0.3, 0.4) is 0 Å². The standard InChI is InChI=1S/C15H14O3/c16-12-8-11(9-4-2-1-3-5-9)15(18)13(12)14(17)10-6-7-10/h1-5,10-11,18H,6-8H2. The van der Waals surface area contributed by atoms with Gasteiger partial charge in [0.05, 0.1) is 5.57 Å². The van der Waals surface area contributed by atoms with Crippen LogP contribution in [-0.2, 0) is 9.59 Å². The minimum absolute atomic E-state index is 0.0249. The summed E-state index contributed by atoms with van der Waals surface area (Å²) in [4.78, 5) is 23.9. The van der Waals surface area contributed by atoms with Gasteiger partial charge in [0.1, 0.15) is 5.76 Å². The van der Waals surface area contributed by atoms with E-state index in [1.54, 1.807) is 0 Å². The average molecular weight is 242 g/mol. The third-order valence-electron chi connectivity index (χ3n) is 3.65. The Morgan fingerprint density at radius 3 is 2.44 bits per heavy atom. The van der Waals surface area contributed by atoms with Gasteiger partial charge in [0, 0.05) is 18.3 Å². The summed E-state index contributed by atoms with van der Waals surface area (Å²) in [5.74, 6) is -0.755. The molecule has 2 aliphatic rings. The van der Waals surface area contributed by atoms with Crippen molar-refractivity contribution in [3.8, 4) is 0 Å². The molecule has 0 saturated heterocycles. The van der Waals surface area contributed by atoms with Crippen molar-refractivity contribution >= 4 is 11.6 Å². The van der Waals surface area contributed by atoms with E-state index in [2.05, 4.69) is 0 Å². The van der Waals surface area contributed by atoms with E-state index in [0.29, 0.717) is 0 Å². The van der Waals surface area contributed by atoms with E-state index < -0.39 is 0 Å². The number of ketones is 2. The first-order valence-electron chi connectivity index (χ1n) is 6.24. The van der Waals surface area contributed by atoms with E-state index in [0.717, 1.165) is 18.4 Å². The molecule has 0 heterocycles. The van der Waals surface area contributed by atoms with Crippen LogP contribution in [0.15, 0.2) is 41.7 Å². The molecule has 3 nitrogen and oxygen atoms in total. The maximum absolute atomic E-state index is 12.0. The van der Waals surface area contributed by atoms with E-state index in [1.165, 1.54) is 0 Å². The molecule has 0 bridgehead atoms. The summed E-state index contributed by atoms with van der Waals surface area (Å²) in [6, 6.07) is 9.37. The lowest BCUT2D eigenvalue weighted by atomic mass is 9.97. The molecule has 1 aromatic carbocycles. The second-order valence-electron chi connectivity index (χ2n) is 4.99. The van der Waals surface area contributed by atoms with Gasteiger partial charge in [-0.2, -0.15) is 0 Å². The summed E-state index contributed by atoms with van der Waals surface area (Å²) in [6.07, 6.45) is 1.90. The topological polar surface area (TPSA) is 54.4 Å². The zero-order valence-corrected chi connectivity index (χ0v) is 9.93. The Bertz CT molecular complexity index is 538. The number of rotatable bonds is 3. The van der Waals surface area contributed by atoms with Gasteiger partial charge in [0.25, 0.3) is 0 Å². The SMILES string of the molecule is O=C1CC(c2ccccc2)C(O)=C1C(=O)C1CC1. The van der Waals surface area contributed by atoms with Gasteiger partial charge in [-0.05, 0) is 18.4 Å². The van der Waals surface area contributed by atoms with Crippen molar-refractivity contribution in [1.29, 1.82) is 0 Å². The highest BCUT2D eigenvalue weighted by molar-refractivity contribution is 6.23. The third-order valence-corrected chi connectivity index (χ3v) is 3.65. The third kappa shape index (κ3) is 1.76. The van der Waals surface area contributed by atoms with Crippen molar-refractivity contribution in [1.82, 2.24) is 0 Å². The van der Waals surface area contributed by atoms with Crippen LogP contribution in [-0.4, -0.2) is 16.7 Å². The fraction of sp³-hybridized carbons (Fsp3) is 0.333. The number of aliphatic hydroxyl groups is 1. The van der Waals surface area contributed by atoms with Crippen molar-refractivity contribution in [2.45, 2.75) is 25.2 Å². The summed E-state index contributed by atoms with van der Waals surface area (Å²) in [7, 11) is 0. The monoisotopic (exact) mass is 242 g/mol. The second-order valence-corrected chi connectivity index (χ2v) is 4.99. The van der Waals surface area contributed by atoms with Crippen LogP contribution in [0.1, 0.15) is 30.7 Å². The Morgan fingerprint density at radius 1 is 1.17 bits per heavy atom. The van der Waals surface area contributed by atoms with Crippen molar-refractivity contribution in [3.05, 3.63) is 47.2 Å². The number of Topliss-reactive ketones (excluding diaryl/α,β-unsaturated/α-hetero) is 2. The number of benzene rings is 1. The van der Waals surface area contributed by atoms with Crippen LogP contribution in [0.25, 0.3) is 0 Å². The number of carbonyl (C=O) groups is 2. The Balaban J connectivity index is 1.96. The van der Waals surface area contributed by atoms with Gasteiger partial charge in [-0.25, -0.2) is 0 Å². The normalized spacial score (nSPS) is 23.6. The van der Waals surface area contributed by atoms with Crippen molar-refractivity contribution < 1.29 is 14.7 Å². The number of hydrogen-bond acceptors (Lipinski definition) is 3. The van der Waals surface area contributed by atoms with Crippen molar-refractivity contribution in [2.24, 2.45) is 5.92 Å². The van der Waals surface area contributed by atoms with Gasteiger partial charge in [-0.1, -0.05) is 30.3 Å². The van der Waals surface area contributed by atoms with Crippen LogP contribution < -0.4 is 0 Å². The Labute approximate surface area is 105 Å². The molecule has 1 N–H and O–H groups in total. The lowest BCUT2D eigenvalue weighted by Gasteiger charge is -2.09. The molecule has 0 amide bonds. The number of hydrogen-bond donors (Lipinski definition) is 1. The predicted octanol–water partition coefficient (Wildman–Crippen LogP) is 2.53. The molecule has 3 heteroatoms. The molecule has 92 valence electrons. The molecule has 1 aromatic rings. The first-order valence-corrected chi connectivity index (χ1v) is 6.24. The molecular weight excluding hydrogens is 228 g/mol. The number of carbonyl (C=O) groups excluding carboxylic acids is 2. The zero-order valence-electron chi connectivity index (χ0n) is 9.93. The lowest BCUT2D eigenvalue weighted by Crippen LogP contribution is -2.11. The molecule has 0 aliphatic heterocycles. The molecule has 1 fully saturated rings. The highest BCUT2D eigenvalue weighted by Gasteiger charge is 2.42. The smallest absolute Gasteiger partial charge is 0.172 e. The fourth-order valence-corrected chi connectivity index (χ4v) is 2.48. The van der Waals surface area contributed by atoms with Gasteiger partial charge < -0.3 is 5.11 Å². The Morgan fingerprint density at radius 2 is 1.83 bits per heavy atom. The van der Waals surface area contributed by atoms with Gasteiger partial charge in [-0.15, -0.1) is 0 Å². The quantitative estimate of drug-likeness (QED) is 0.829. The molecule has 3 rings (SSSR count). The molecule has 18 heavy (non-hydrogen) atoms. The first-order chi connectivity index (χ1) is 8.68. The number of allylic oxidation sites excluding steroid dienone is 2. The van der Waals surface area contributed by atoms with Gasteiger partial charge in [0.15, 0.2) is 11.6 Å². The lowest BCUT2D eigenvalue weighted by molar-refractivity contribution is -0.121. The van der Waals surface area contributed by atoms with E-state index >= 15 is 0 Å². The Hall–Kier alpha value is -1.90.